The number of nitrogens with one attached hydrogen (secondary N) is 1. The van der Waals surface area contributed by atoms with E-state index < -0.39 is 15.9 Å². The van der Waals surface area contributed by atoms with Gasteiger partial charge in [0.05, 0.1) is 24.8 Å². The first kappa shape index (κ1) is 28.4. The van der Waals surface area contributed by atoms with Gasteiger partial charge in [-0.1, -0.05) is 30.3 Å². The maximum absolute atomic E-state index is 13.9. The predicted octanol–water partition coefficient (Wildman–Crippen LogP) is 4.43. The average Bonchev–Trinajstić information content (AvgIpc) is 3.42. The Kier molecular flexibility index (Phi) is 9.14. The fraction of sp³-hybridized carbons (Fsp3) is 0.367. The molecule has 9 heteroatoms. The number of methoxy groups -OCH3 is 2. The van der Waals surface area contributed by atoms with Crippen molar-refractivity contribution in [1.29, 1.82) is 0 Å². The minimum atomic E-state index is -4.11. The number of hydrogen-bond donors (Lipinski definition) is 1. The minimum absolute atomic E-state index is 0.00160. The van der Waals surface area contributed by atoms with Crippen molar-refractivity contribution >= 4 is 21.6 Å². The second-order valence-corrected chi connectivity index (χ2v) is 11.8. The van der Waals surface area contributed by atoms with E-state index >= 15 is 0 Å². The van der Waals surface area contributed by atoms with Gasteiger partial charge >= 0.3 is 0 Å². The standard InChI is InChI=1S/C30H37N3O5S/c1-22-14-23(2)16-26(15-22)33(39(35,36)27-10-11-28(37-3)29(18-27)38-4)21-30(34)31-19-24-8-7-9-25(17-24)20-32-12-5-6-13-32/h7-11,14-18H,5-6,12-13,19-21H2,1-4H3,(H,31,34). The molecule has 0 saturated carbocycles. The van der Waals surface area contributed by atoms with Crippen molar-refractivity contribution in [3.8, 4) is 11.5 Å². The van der Waals surface area contributed by atoms with Gasteiger partial charge in [-0.15, -0.1) is 0 Å². The van der Waals surface area contributed by atoms with E-state index in [0.29, 0.717) is 18.0 Å². The highest BCUT2D eigenvalue weighted by molar-refractivity contribution is 7.92. The Bertz CT molecular complexity index is 1400. The molecule has 0 aliphatic carbocycles. The second-order valence-electron chi connectivity index (χ2n) is 9.95. The molecule has 1 aliphatic rings. The molecule has 0 radical (unpaired) electrons. The molecule has 3 aromatic carbocycles. The predicted molar refractivity (Wildman–Crippen MR) is 153 cm³/mol. The lowest BCUT2D eigenvalue weighted by atomic mass is 10.1. The third kappa shape index (κ3) is 7.10. The first-order valence-corrected chi connectivity index (χ1v) is 14.5. The van der Waals surface area contributed by atoms with Crippen LogP contribution in [0.3, 0.4) is 0 Å². The third-order valence-electron chi connectivity index (χ3n) is 6.81. The van der Waals surface area contributed by atoms with Gasteiger partial charge in [0.2, 0.25) is 5.91 Å². The van der Waals surface area contributed by atoms with E-state index in [9.17, 15) is 13.2 Å². The maximum atomic E-state index is 13.9. The molecule has 1 N–H and O–H groups in total. The fourth-order valence-corrected chi connectivity index (χ4v) is 6.36. The highest BCUT2D eigenvalue weighted by Gasteiger charge is 2.28. The van der Waals surface area contributed by atoms with Crippen molar-refractivity contribution in [1.82, 2.24) is 10.2 Å². The molecule has 3 aromatic rings. The zero-order valence-corrected chi connectivity index (χ0v) is 23.9. The lowest BCUT2D eigenvalue weighted by molar-refractivity contribution is -0.119. The Hall–Kier alpha value is -3.56. The topological polar surface area (TPSA) is 88.2 Å². The van der Waals surface area contributed by atoms with Crippen molar-refractivity contribution in [3.05, 3.63) is 82.9 Å². The van der Waals surface area contributed by atoms with Crippen LogP contribution >= 0.6 is 0 Å². The number of anilines is 1. The summed E-state index contributed by atoms with van der Waals surface area (Å²) in [7, 11) is -1.18. The summed E-state index contributed by atoms with van der Waals surface area (Å²) in [6.45, 7) is 6.86. The van der Waals surface area contributed by atoms with E-state index in [4.69, 9.17) is 9.47 Å². The summed E-state index contributed by atoms with van der Waals surface area (Å²) in [6.07, 6.45) is 2.47. The fourth-order valence-electron chi connectivity index (χ4n) is 4.94. The molecule has 39 heavy (non-hydrogen) atoms. The van der Waals surface area contributed by atoms with Crippen LogP contribution in [0.15, 0.2) is 65.6 Å². The van der Waals surface area contributed by atoms with Gasteiger partial charge in [0, 0.05) is 19.2 Å². The summed E-state index contributed by atoms with van der Waals surface area (Å²) in [5.74, 6) is 0.305. The monoisotopic (exact) mass is 551 g/mol. The summed E-state index contributed by atoms with van der Waals surface area (Å²) in [5.41, 5.74) is 4.39. The molecule has 8 nitrogen and oxygen atoms in total. The Labute approximate surface area is 231 Å². The summed E-state index contributed by atoms with van der Waals surface area (Å²) in [5, 5.41) is 2.91. The summed E-state index contributed by atoms with van der Waals surface area (Å²) in [6, 6.07) is 18.1. The number of likely N-dealkylation sites (tertiary alicyclic amines) is 1. The molecule has 1 heterocycles. The Balaban J connectivity index is 1.55. The van der Waals surface area contributed by atoms with Crippen LogP contribution in [0, 0.1) is 13.8 Å². The van der Waals surface area contributed by atoms with Gasteiger partial charge in [-0.05, 0) is 86.3 Å². The number of ether oxygens (including phenoxy) is 2. The first-order valence-electron chi connectivity index (χ1n) is 13.1. The van der Waals surface area contributed by atoms with E-state index in [0.717, 1.165) is 40.6 Å². The van der Waals surface area contributed by atoms with Crippen LogP contribution in [0.1, 0.15) is 35.1 Å². The summed E-state index contributed by atoms with van der Waals surface area (Å²) < 4.78 is 39.5. The largest absolute Gasteiger partial charge is 0.493 e. The highest BCUT2D eigenvalue weighted by atomic mass is 32.2. The number of rotatable bonds is 11. The van der Waals surface area contributed by atoms with Gasteiger partial charge in [-0.25, -0.2) is 8.42 Å². The molecule has 0 bridgehead atoms. The second kappa shape index (κ2) is 12.5. The molecular weight excluding hydrogens is 514 g/mol. The number of carbonyl (C=O) groups excluding carboxylic acids is 1. The number of amides is 1. The van der Waals surface area contributed by atoms with Gasteiger partial charge in [0.15, 0.2) is 11.5 Å². The Morgan fingerprint density at radius 2 is 1.56 bits per heavy atom. The molecule has 0 spiro atoms. The van der Waals surface area contributed by atoms with Gasteiger partial charge in [-0.2, -0.15) is 0 Å². The molecule has 0 unspecified atom stereocenters. The van der Waals surface area contributed by atoms with E-state index in [-0.39, 0.29) is 17.2 Å². The number of sulfonamides is 1. The normalized spacial score (nSPS) is 13.7. The number of benzene rings is 3. The van der Waals surface area contributed by atoms with Gasteiger partial charge in [0.25, 0.3) is 10.0 Å². The van der Waals surface area contributed by atoms with Crippen LogP contribution in [0.5, 0.6) is 11.5 Å². The molecule has 0 atom stereocenters. The van der Waals surface area contributed by atoms with Gasteiger partial charge in [-0.3, -0.25) is 14.0 Å². The lowest BCUT2D eigenvalue weighted by Crippen LogP contribution is -2.40. The van der Waals surface area contributed by atoms with Crippen molar-refractivity contribution < 1.29 is 22.7 Å². The first-order chi connectivity index (χ1) is 18.7. The van der Waals surface area contributed by atoms with Crippen LogP contribution < -0.4 is 19.1 Å². The maximum Gasteiger partial charge on any atom is 0.264 e. The minimum Gasteiger partial charge on any atom is -0.493 e. The van der Waals surface area contributed by atoms with Crippen LogP contribution in [0.25, 0.3) is 0 Å². The van der Waals surface area contributed by atoms with E-state index in [1.165, 1.54) is 44.8 Å². The number of carbonyl (C=O) groups is 1. The molecule has 208 valence electrons. The molecule has 1 saturated heterocycles. The Morgan fingerprint density at radius 1 is 0.897 bits per heavy atom. The van der Waals surface area contributed by atoms with Crippen LogP contribution in [-0.2, 0) is 27.9 Å². The summed E-state index contributed by atoms with van der Waals surface area (Å²) in [4.78, 5) is 15.6. The zero-order valence-electron chi connectivity index (χ0n) is 23.1. The van der Waals surface area contributed by atoms with Crippen molar-refractivity contribution in [2.24, 2.45) is 0 Å². The van der Waals surface area contributed by atoms with Gasteiger partial charge < -0.3 is 14.8 Å². The molecule has 1 amide bonds. The number of hydrogen-bond acceptors (Lipinski definition) is 6. The van der Waals surface area contributed by atoms with E-state index in [2.05, 4.69) is 22.3 Å². The Morgan fingerprint density at radius 3 is 2.23 bits per heavy atom. The highest BCUT2D eigenvalue weighted by Crippen LogP contribution is 2.32. The van der Waals surface area contributed by atoms with Crippen molar-refractivity contribution in [2.75, 3.05) is 38.2 Å². The van der Waals surface area contributed by atoms with E-state index in [1.807, 2.05) is 32.0 Å². The quantitative estimate of drug-likeness (QED) is 0.379. The molecular formula is C30H37N3O5S. The van der Waals surface area contributed by atoms with Crippen LogP contribution in [0.4, 0.5) is 5.69 Å². The molecule has 1 aliphatic heterocycles. The van der Waals surface area contributed by atoms with Gasteiger partial charge in [0.1, 0.15) is 6.54 Å². The van der Waals surface area contributed by atoms with Crippen molar-refractivity contribution in [2.45, 2.75) is 44.7 Å². The van der Waals surface area contributed by atoms with E-state index in [1.54, 1.807) is 18.2 Å². The third-order valence-corrected chi connectivity index (χ3v) is 8.58. The molecule has 4 rings (SSSR count). The average molecular weight is 552 g/mol. The zero-order chi connectivity index (χ0) is 28.0. The van der Waals surface area contributed by atoms with Crippen molar-refractivity contribution in [3.63, 3.8) is 0 Å². The SMILES string of the molecule is COc1ccc(S(=O)(=O)N(CC(=O)NCc2cccc(CN3CCCC3)c2)c2cc(C)cc(C)c2)cc1OC. The van der Waals surface area contributed by atoms with Crippen LogP contribution in [-0.4, -0.2) is 53.1 Å². The number of aryl methyl sites for hydroxylation is 2. The molecule has 0 aromatic heterocycles. The summed E-state index contributed by atoms with van der Waals surface area (Å²) >= 11 is 0. The number of nitrogens with zero attached hydrogens (tertiary/aromatic N) is 2. The smallest absolute Gasteiger partial charge is 0.264 e. The lowest BCUT2D eigenvalue weighted by Gasteiger charge is -2.25. The van der Waals surface area contributed by atoms with Crippen LogP contribution in [0.2, 0.25) is 0 Å². The molecule has 1 fully saturated rings.